The van der Waals surface area contributed by atoms with Crippen molar-refractivity contribution in [1.29, 1.82) is 0 Å². The van der Waals surface area contributed by atoms with Gasteiger partial charge in [-0.15, -0.1) is 11.8 Å². The summed E-state index contributed by atoms with van der Waals surface area (Å²) in [6.45, 7) is 3.97. The summed E-state index contributed by atoms with van der Waals surface area (Å²) >= 11 is 7.91. The number of nitrogens with zero attached hydrogens (tertiary/aromatic N) is 2. The van der Waals surface area contributed by atoms with Crippen LogP contribution < -0.4 is 5.73 Å². The average Bonchev–Trinajstić information content (AvgIpc) is 2.55. The fraction of sp³-hybridized carbons (Fsp3) is 0.308. The number of aryl methyl sites for hydroxylation is 3. The first-order valence-corrected chi connectivity index (χ1v) is 7.02. The summed E-state index contributed by atoms with van der Waals surface area (Å²) in [6, 6.07) is 6.05. The molecule has 5 heteroatoms. The topological polar surface area (TPSA) is 43.8 Å². The number of nitrogen functional groups attached to an aromatic ring is 1. The number of aromatic nitrogens is 2. The van der Waals surface area contributed by atoms with Gasteiger partial charge in [0.05, 0.1) is 16.4 Å². The van der Waals surface area contributed by atoms with Crippen molar-refractivity contribution >= 4 is 29.1 Å². The summed E-state index contributed by atoms with van der Waals surface area (Å²) in [6.07, 6.45) is 0. The molecule has 96 valence electrons. The third kappa shape index (κ3) is 2.65. The van der Waals surface area contributed by atoms with E-state index in [1.165, 1.54) is 5.56 Å². The number of hydrogen-bond acceptors (Lipinski definition) is 3. The molecule has 0 fully saturated rings. The van der Waals surface area contributed by atoms with Crippen molar-refractivity contribution in [3.8, 4) is 0 Å². The number of nitrogens with two attached hydrogens (primary N) is 1. The van der Waals surface area contributed by atoms with Gasteiger partial charge in [0.1, 0.15) is 0 Å². The van der Waals surface area contributed by atoms with Crippen LogP contribution in [-0.2, 0) is 12.8 Å². The Labute approximate surface area is 116 Å². The second-order valence-corrected chi connectivity index (χ2v) is 5.69. The fourth-order valence-electron chi connectivity index (χ4n) is 1.75. The van der Waals surface area contributed by atoms with Crippen molar-refractivity contribution in [1.82, 2.24) is 9.78 Å². The van der Waals surface area contributed by atoms with Crippen LogP contribution in [0.25, 0.3) is 0 Å². The van der Waals surface area contributed by atoms with Crippen molar-refractivity contribution < 1.29 is 0 Å². The third-order valence-electron chi connectivity index (χ3n) is 2.80. The number of anilines is 1. The zero-order chi connectivity index (χ0) is 13.3. The quantitative estimate of drug-likeness (QED) is 0.691. The van der Waals surface area contributed by atoms with Crippen LogP contribution in [0.15, 0.2) is 23.1 Å². The highest BCUT2D eigenvalue weighted by molar-refractivity contribution is 7.98. The molecule has 1 aromatic heterocycles. The zero-order valence-corrected chi connectivity index (χ0v) is 12.3. The molecule has 0 aliphatic heterocycles. The Morgan fingerprint density at radius 3 is 2.72 bits per heavy atom. The van der Waals surface area contributed by atoms with Gasteiger partial charge < -0.3 is 5.73 Å². The number of halogens is 1. The van der Waals surface area contributed by atoms with Gasteiger partial charge in [-0.25, -0.2) is 0 Å². The van der Waals surface area contributed by atoms with E-state index in [-0.39, 0.29) is 0 Å². The van der Waals surface area contributed by atoms with Crippen LogP contribution >= 0.6 is 23.4 Å². The summed E-state index contributed by atoms with van der Waals surface area (Å²) < 4.78 is 1.83. The predicted molar refractivity (Wildman–Crippen MR) is 78.1 cm³/mol. The molecule has 0 aliphatic rings. The van der Waals surface area contributed by atoms with Crippen LogP contribution in [0.3, 0.4) is 0 Å². The lowest BCUT2D eigenvalue weighted by molar-refractivity contribution is 0.727. The van der Waals surface area contributed by atoms with Gasteiger partial charge in [0, 0.05) is 23.4 Å². The molecule has 0 amide bonds. The van der Waals surface area contributed by atoms with Gasteiger partial charge in [-0.3, -0.25) is 4.68 Å². The normalized spacial score (nSPS) is 10.9. The van der Waals surface area contributed by atoms with Crippen LogP contribution in [-0.4, -0.2) is 9.78 Å². The summed E-state index contributed by atoms with van der Waals surface area (Å²) in [5.41, 5.74) is 9.87. The van der Waals surface area contributed by atoms with Crippen molar-refractivity contribution in [2.45, 2.75) is 24.5 Å². The van der Waals surface area contributed by atoms with E-state index in [0.717, 1.165) is 32.7 Å². The Hall–Kier alpha value is -1.13. The van der Waals surface area contributed by atoms with E-state index in [0.29, 0.717) is 0 Å². The molecule has 0 spiro atoms. The van der Waals surface area contributed by atoms with Crippen LogP contribution in [0.2, 0.25) is 5.02 Å². The summed E-state index contributed by atoms with van der Waals surface area (Å²) in [4.78, 5) is 1.09. The summed E-state index contributed by atoms with van der Waals surface area (Å²) in [5, 5.41) is 5.05. The second kappa shape index (κ2) is 5.24. The van der Waals surface area contributed by atoms with Gasteiger partial charge in [-0.05, 0) is 31.5 Å². The number of rotatable bonds is 3. The molecule has 18 heavy (non-hydrogen) atoms. The van der Waals surface area contributed by atoms with Crippen molar-refractivity contribution in [2.75, 3.05) is 5.73 Å². The van der Waals surface area contributed by atoms with Crippen LogP contribution in [0.5, 0.6) is 0 Å². The number of hydrogen-bond donors (Lipinski definition) is 1. The van der Waals surface area contributed by atoms with E-state index in [1.807, 2.05) is 30.8 Å². The maximum Gasteiger partial charge on any atom is 0.0855 e. The standard InChI is InChI=1S/C13H16ClN3S/c1-8-4-5-10(15)12(6-8)18-7-11-13(14)9(2)16-17(11)3/h4-6H,7,15H2,1-3H3. The molecule has 0 aliphatic carbocycles. The molecule has 0 radical (unpaired) electrons. The average molecular weight is 282 g/mol. The first-order chi connectivity index (χ1) is 8.49. The molecule has 0 saturated heterocycles. The molecule has 2 N–H and O–H groups in total. The van der Waals surface area contributed by atoms with E-state index in [2.05, 4.69) is 18.1 Å². The molecule has 1 aromatic carbocycles. The highest BCUT2D eigenvalue weighted by atomic mass is 35.5. The van der Waals surface area contributed by atoms with E-state index in [1.54, 1.807) is 11.8 Å². The largest absolute Gasteiger partial charge is 0.398 e. The Balaban J connectivity index is 2.19. The minimum atomic E-state index is 0.747. The molecule has 0 bridgehead atoms. The smallest absolute Gasteiger partial charge is 0.0855 e. The Morgan fingerprint density at radius 2 is 2.11 bits per heavy atom. The molecule has 0 atom stereocenters. The van der Waals surface area contributed by atoms with Crippen LogP contribution in [0.1, 0.15) is 17.0 Å². The second-order valence-electron chi connectivity index (χ2n) is 4.30. The first-order valence-electron chi connectivity index (χ1n) is 5.66. The minimum absolute atomic E-state index is 0.747. The van der Waals surface area contributed by atoms with Crippen molar-refractivity contribution in [3.05, 3.63) is 40.2 Å². The van der Waals surface area contributed by atoms with Gasteiger partial charge in [-0.1, -0.05) is 17.7 Å². The van der Waals surface area contributed by atoms with E-state index in [4.69, 9.17) is 17.3 Å². The predicted octanol–water partition coefficient (Wildman–Crippen LogP) is 3.56. The molecule has 2 rings (SSSR count). The van der Waals surface area contributed by atoms with Crippen molar-refractivity contribution in [2.24, 2.45) is 7.05 Å². The van der Waals surface area contributed by atoms with Gasteiger partial charge in [0.2, 0.25) is 0 Å². The van der Waals surface area contributed by atoms with Crippen molar-refractivity contribution in [3.63, 3.8) is 0 Å². The third-order valence-corrected chi connectivity index (χ3v) is 4.37. The maximum atomic E-state index is 6.22. The highest BCUT2D eigenvalue weighted by Crippen LogP contribution is 2.31. The molecule has 3 nitrogen and oxygen atoms in total. The molecule has 1 heterocycles. The maximum absolute atomic E-state index is 6.22. The van der Waals surface area contributed by atoms with Gasteiger partial charge in [0.15, 0.2) is 0 Å². The van der Waals surface area contributed by atoms with E-state index >= 15 is 0 Å². The summed E-state index contributed by atoms with van der Waals surface area (Å²) in [7, 11) is 1.91. The lowest BCUT2D eigenvalue weighted by Gasteiger charge is -2.07. The van der Waals surface area contributed by atoms with Crippen LogP contribution in [0, 0.1) is 13.8 Å². The zero-order valence-electron chi connectivity index (χ0n) is 10.7. The minimum Gasteiger partial charge on any atom is -0.398 e. The molecule has 0 unspecified atom stereocenters. The first kappa shape index (κ1) is 13.3. The SMILES string of the molecule is Cc1ccc(N)c(SCc2c(Cl)c(C)nn2C)c1. The summed E-state index contributed by atoms with van der Waals surface area (Å²) in [5.74, 6) is 0.768. The lowest BCUT2D eigenvalue weighted by atomic mass is 10.2. The molecular weight excluding hydrogens is 266 g/mol. The highest BCUT2D eigenvalue weighted by Gasteiger charge is 2.12. The van der Waals surface area contributed by atoms with Gasteiger partial charge >= 0.3 is 0 Å². The number of thioether (sulfide) groups is 1. The number of benzene rings is 1. The van der Waals surface area contributed by atoms with Gasteiger partial charge in [0.25, 0.3) is 0 Å². The van der Waals surface area contributed by atoms with Crippen LogP contribution in [0.4, 0.5) is 5.69 Å². The fourth-order valence-corrected chi connectivity index (χ4v) is 3.18. The van der Waals surface area contributed by atoms with Gasteiger partial charge in [-0.2, -0.15) is 5.10 Å². The Morgan fingerprint density at radius 1 is 1.39 bits per heavy atom. The Kier molecular flexibility index (Phi) is 3.88. The van der Waals surface area contributed by atoms with E-state index in [9.17, 15) is 0 Å². The Bertz CT molecular complexity index is 578. The molecule has 0 saturated carbocycles. The lowest BCUT2D eigenvalue weighted by Crippen LogP contribution is -1.97. The van der Waals surface area contributed by atoms with E-state index < -0.39 is 0 Å². The molecule has 2 aromatic rings. The molecular formula is C13H16ClN3S. The monoisotopic (exact) mass is 281 g/mol.